The Morgan fingerprint density at radius 2 is 2.18 bits per heavy atom. The van der Waals surface area contributed by atoms with Crippen molar-refractivity contribution < 1.29 is 22.3 Å². The quantitative estimate of drug-likeness (QED) is 0.640. The topological polar surface area (TPSA) is 35.3 Å². The Bertz CT molecular complexity index is 242. The molecular weight excluding hydrogens is 163 g/mol. The zero-order chi connectivity index (χ0) is 8.48. The van der Waals surface area contributed by atoms with E-state index in [4.69, 9.17) is 0 Å². The van der Waals surface area contributed by atoms with E-state index in [1.807, 2.05) is 0 Å². The Labute approximate surface area is 59.8 Å². The summed E-state index contributed by atoms with van der Waals surface area (Å²) in [5.74, 6) is 0. The molecule has 0 radical (unpaired) electrons. The van der Waals surface area contributed by atoms with Gasteiger partial charge in [-0.15, -0.1) is 13.2 Å². The Kier molecular flexibility index (Phi) is 1.76. The molecule has 0 saturated carbocycles. The Balaban J connectivity index is 2.65. The van der Waals surface area contributed by atoms with Crippen LogP contribution < -0.4 is 4.74 Å². The fourth-order valence-electron chi connectivity index (χ4n) is 0.478. The number of nitrogens with zero attached hydrogens (tertiary/aromatic N) is 1. The lowest BCUT2D eigenvalue weighted by molar-refractivity contribution is -0.282. The highest BCUT2D eigenvalue weighted by molar-refractivity contribution is 4.96. The maximum atomic E-state index is 11.4. The van der Waals surface area contributed by atoms with Gasteiger partial charge in [0.1, 0.15) is 6.26 Å². The van der Waals surface area contributed by atoms with E-state index in [-0.39, 0.29) is 0 Å². The Morgan fingerprint density at radius 1 is 1.55 bits per heavy atom. The van der Waals surface area contributed by atoms with Gasteiger partial charge in [-0.1, -0.05) is 0 Å². The third-order valence-corrected chi connectivity index (χ3v) is 0.801. The molecule has 0 atom stereocenters. The van der Waals surface area contributed by atoms with E-state index in [1.54, 1.807) is 0 Å². The van der Waals surface area contributed by atoms with E-state index in [1.165, 1.54) is 6.92 Å². The number of aromatic nitrogens is 1. The van der Waals surface area contributed by atoms with Gasteiger partial charge in [-0.25, -0.2) is 0 Å². The summed E-state index contributed by atoms with van der Waals surface area (Å²) in [6.07, 6.45) is -4.45. The molecule has 1 heterocycles. The highest BCUT2D eigenvalue weighted by atomic mass is 19.4. The maximum Gasteiger partial charge on any atom is 0.576 e. The van der Waals surface area contributed by atoms with Crippen molar-refractivity contribution in [2.45, 2.75) is 13.3 Å². The fraction of sp³-hybridized carbons (Fsp3) is 0.400. The van der Waals surface area contributed by atoms with Gasteiger partial charge in [-0.05, 0) is 6.92 Å². The van der Waals surface area contributed by atoms with E-state index in [0.717, 1.165) is 6.26 Å². The molecule has 0 N–H and O–H groups in total. The molecule has 0 saturated heterocycles. The van der Waals surface area contributed by atoms with E-state index in [9.17, 15) is 13.2 Å². The molecule has 0 bridgehead atoms. The number of rotatable bonds is 1. The van der Waals surface area contributed by atoms with Crippen molar-refractivity contribution in [2.24, 2.45) is 0 Å². The molecule has 11 heavy (non-hydrogen) atoms. The van der Waals surface area contributed by atoms with Crippen molar-refractivity contribution in [3.8, 4) is 6.08 Å². The van der Waals surface area contributed by atoms with Gasteiger partial charge in [0.25, 0.3) is 0 Å². The standard InChI is InChI=1S/C5H4F3NO2/c1-3-2-10-4(9-3)11-5(6,7)8/h2H,1H3. The van der Waals surface area contributed by atoms with Crippen LogP contribution in [0.4, 0.5) is 13.2 Å². The second kappa shape index (κ2) is 2.44. The van der Waals surface area contributed by atoms with E-state index in [0.29, 0.717) is 5.69 Å². The first-order chi connectivity index (χ1) is 4.97. The summed E-state index contributed by atoms with van der Waals surface area (Å²) in [6.45, 7) is 1.49. The predicted molar refractivity (Wildman–Crippen MR) is 27.9 cm³/mol. The fourth-order valence-corrected chi connectivity index (χ4v) is 0.478. The monoisotopic (exact) mass is 167 g/mol. The van der Waals surface area contributed by atoms with Crippen molar-refractivity contribution in [3.63, 3.8) is 0 Å². The van der Waals surface area contributed by atoms with Crippen LogP contribution in [0.3, 0.4) is 0 Å². The van der Waals surface area contributed by atoms with Crippen LogP contribution in [0.1, 0.15) is 5.69 Å². The first-order valence-electron chi connectivity index (χ1n) is 2.65. The number of alkyl halides is 3. The van der Waals surface area contributed by atoms with Gasteiger partial charge in [0, 0.05) is 0 Å². The van der Waals surface area contributed by atoms with Gasteiger partial charge in [0.05, 0.1) is 5.69 Å². The predicted octanol–water partition coefficient (Wildman–Crippen LogP) is 1.88. The average molecular weight is 167 g/mol. The summed E-state index contributed by atoms with van der Waals surface area (Å²) in [5, 5.41) is 0. The second-order valence-corrected chi connectivity index (χ2v) is 1.80. The molecule has 3 nitrogen and oxygen atoms in total. The minimum Gasteiger partial charge on any atom is -0.417 e. The van der Waals surface area contributed by atoms with Crippen molar-refractivity contribution in [2.75, 3.05) is 0 Å². The van der Waals surface area contributed by atoms with Gasteiger partial charge in [0.2, 0.25) is 0 Å². The number of hydrogen-bond donors (Lipinski definition) is 0. The van der Waals surface area contributed by atoms with Gasteiger partial charge < -0.3 is 9.15 Å². The van der Waals surface area contributed by atoms with Gasteiger partial charge in [-0.2, -0.15) is 4.98 Å². The molecule has 0 aliphatic heterocycles. The SMILES string of the molecule is Cc1coc(OC(F)(F)F)n1. The molecule has 0 aliphatic carbocycles. The zero-order valence-electron chi connectivity index (χ0n) is 5.47. The summed E-state index contributed by atoms with van der Waals surface area (Å²) < 4.78 is 41.9. The summed E-state index contributed by atoms with van der Waals surface area (Å²) in [7, 11) is 0. The van der Waals surface area contributed by atoms with Gasteiger partial charge in [0.15, 0.2) is 0 Å². The number of oxazole rings is 1. The highest BCUT2D eigenvalue weighted by Crippen LogP contribution is 2.21. The highest BCUT2D eigenvalue weighted by Gasteiger charge is 2.33. The van der Waals surface area contributed by atoms with Crippen molar-refractivity contribution in [1.82, 2.24) is 4.98 Å². The lowest BCUT2D eigenvalue weighted by atomic mass is 10.6. The summed E-state index contributed by atoms with van der Waals surface area (Å²) in [4.78, 5) is 3.29. The molecular formula is C5H4F3NO2. The number of halogens is 3. The van der Waals surface area contributed by atoms with Crippen LogP contribution in [-0.4, -0.2) is 11.3 Å². The summed E-state index contributed by atoms with van der Waals surface area (Å²) >= 11 is 0. The van der Waals surface area contributed by atoms with Gasteiger partial charge in [-0.3, -0.25) is 0 Å². The van der Waals surface area contributed by atoms with Crippen LogP contribution in [0.2, 0.25) is 0 Å². The van der Waals surface area contributed by atoms with E-state index >= 15 is 0 Å². The molecule has 0 unspecified atom stereocenters. The molecule has 1 rings (SSSR count). The van der Waals surface area contributed by atoms with E-state index < -0.39 is 12.4 Å². The van der Waals surface area contributed by atoms with Crippen LogP contribution in [-0.2, 0) is 0 Å². The Hall–Kier alpha value is -1.20. The number of ether oxygens (including phenoxy) is 1. The lowest BCUT2D eigenvalue weighted by Crippen LogP contribution is -2.17. The second-order valence-electron chi connectivity index (χ2n) is 1.80. The minimum absolute atomic E-state index is 0.337. The normalized spacial score (nSPS) is 11.6. The van der Waals surface area contributed by atoms with Crippen LogP contribution >= 0.6 is 0 Å². The van der Waals surface area contributed by atoms with E-state index in [2.05, 4.69) is 14.1 Å². The smallest absolute Gasteiger partial charge is 0.417 e. The van der Waals surface area contributed by atoms with Crippen LogP contribution in [0.25, 0.3) is 0 Å². The third-order valence-electron chi connectivity index (χ3n) is 0.801. The molecule has 0 aromatic carbocycles. The molecule has 6 heteroatoms. The average Bonchev–Trinajstić information content (AvgIpc) is 2.10. The van der Waals surface area contributed by atoms with Crippen molar-refractivity contribution >= 4 is 0 Å². The third kappa shape index (κ3) is 2.48. The minimum atomic E-state index is -4.74. The van der Waals surface area contributed by atoms with Crippen LogP contribution in [0.15, 0.2) is 10.7 Å². The lowest BCUT2D eigenvalue weighted by Gasteiger charge is -2.02. The molecule has 0 fully saturated rings. The number of hydrogen-bond acceptors (Lipinski definition) is 3. The zero-order valence-corrected chi connectivity index (χ0v) is 5.47. The first kappa shape index (κ1) is 7.90. The Morgan fingerprint density at radius 3 is 2.55 bits per heavy atom. The molecule has 1 aromatic rings. The molecule has 62 valence electrons. The number of aryl methyl sites for hydroxylation is 1. The molecule has 0 aliphatic rings. The summed E-state index contributed by atoms with van der Waals surface area (Å²) in [5.41, 5.74) is 0.337. The summed E-state index contributed by atoms with van der Waals surface area (Å²) in [6, 6.07) is 0. The maximum absolute atomic E-state index is 11.4. The molecule has 1 aromatic heterocycles. The first-order valence-corrected chi connectivity index (χ1v) is 2.65. The van der Waals surface area contributed by atoms with Crippen LogP contribution in [0.5, 0.6) is 6.08 Å². The molecule has 0 spiro atoms. The molecule has 0 amide bonds. The largest absolute Gasteiger partial charge is 0.576 e. The van der Waals surface area contributed by atoms with Gasteiger partial charge >= 0.3 is 12.4 Å². The van der Waals surface area contributed by atoms with Crippen molar-refractivity contribution in [1.29, 1.82) is 0 Å². The van der Waals surface area contributed by atoms with Crippen molar-refractivity contribution in [3.05, 3.63) is 12.0 Å². The van der Waals surface area contributed by atoms with Crippen LogP contribution in [0, 0.1) is 6.92 Å².